The van der Waals surface area contributed by atoms with Crippen LogP contribution in [0, 0.1) is 5.92 Å². The van der Waals surface area contributed by atoms with E-state index < -0.39 is 0 Å². The molecule has 1 aromatic carbocycles. The van der Waals surface area contributed by atoms with Crippen molar-refractivity contribution in [3.8, 4) is 11.3 Å². The molecule has 33 heavy (non-hydrogen) atoms. The lowest BCUT2D eigenvalue weighted by Crippen LogP contribution is -2.32. The van der Waals surface area contributed by atoms with Crippen molar-refractivity contribution in [2.24, 2.45) is 5.92 Å². The second kappa shape index (κ2) is 7.88. The largest absolute Gasteiger partial charge is 0.370 e. The molecule has 5 heterocycles. The van der Waals surface area contributed by atoms with Crippen LogP contribution in [0.1, 0.15) is 35.7 Å². The Morgan fingerprint density at radius 3 is 2.76 bits per heavy atom. The number of pyridine rings is 1. The lowest BCUT2D eigenvalue weighted by molar-refractivity contribution is 0.0966. The number of nitrogens with zero attached hydrogens (tertiary/aromatic N) is 5. The van der Waals surface area contributed by atoms with Gasteiger partial charge in [0.1, 0.15) is 5.82 Å². The smallest absolute Gasteiger partial charge is 0.254 e. The Bertz CT molecular complexity index is 1340. The fourth-order valence-electron chi connectivity index (χ4n) is 4.79. The molecule has 0 aliphatic carbocycles. The van der Waals surface area contributed by atoms with Gasteiger partial charge >= 0.3 is 0 Å². The van der Waals surface area contributed by atoms with E-state index in [-0.39, 0.29) is 5.91 Å². The molecule has 0 unspecified atom stereocenters. The highest BCUT2D eigenvalue weighted by atomic mass is 16.1. The standard InChI is InChI=1S/C25H25N7O/c1-16-6-9-31(10-7-16)17-2-5-22(27-12-17)30-20-4-3-18(19-13-29-25(33)24(19)20)21-14-28-23-15-26-8-11-32(21)23/h2-5,8,11-12,14-16H,6-7,9-10,13H2,1H3,(H,27,30)(H,29,33). The highest BCUT2D eigenvalue weighted by Gasteiger charge is 2.27. The van der Waals surface area contributed by atoms with Crippen molar-refractivity contribution < 1.29 is 4.79 Å². The maximum Gasteiger partial charge on any atom is 0.254 e. The van der Waals surface area contributed by atoms with Crippen molar-refractivity contribution in [1.82, 2.24) is 24.7 Å². The third-order valence-electron chi connectivity index (χ3n) is 6.72. The molecule has 0 saturated carbocycles. The van der Waals surface area contributed by atoms with Crippen molar-refractivity contribution in [3.63, 3.8) is 0 Å². The Hall–Kier alpha value is -3.94. The summed E-state index contributed by atoms with van der Waals surface area (Å²) < 4.78 is 1.99. The molecule has 8 heteroatoms. The zero-order valence-corrected chi connectivity index (χ0v) is 18.5. The van der Waals surface area contributed by atoms with Gasteiger partial charge in [0, 0.05) is 37.6 Å². The first-order chi connectivity index (χ1) is 16.2. The zero-order chi connectivity index (χ0) is 22.4. The SMILES string of the molecule is CC1CCN(c2ccc(Nc3ccc(-c4cnc5cnccn45)c4c3C(=O)NC4)nc2)CC1. The summed E-state index contributed by atoms with van der Waals surface area (Å²) in [5.74, 6) is 1.44. The summed E-state index contributed by atoms with van der Waals surface area (Å²) in [6.45, 7) is 4.94. The highest BCUT2D eigenvalue weighted by molar-refractivity contribution is 6.06. The minimum absolute atomic E-state index is 0.0797. The maximum absolute atomic E-state index is 12.7. The first kappa shape index (κ1) is 19.7. The number of fused-ring (bicyclic) bond motifs is 2. The molecule has 1 fully saturated rings. The molecule has 0 bridgehead atoms. The van der Waals surface area contributed by atoms with Gasteiger partial charge in [-0.15, -0.1) is 0 Å². The molecule has 0 spiro atoms. The fraction of sp³-hybridized carbons (Fsp3) is 0.280. The predicted molar refractivity (Wildman–Crippen MR) is 128 cm³/mol. The number of nitrogens with one attached hydrogen (secondary N) is 2. The van der Waals surface area contributed by atoms with Crippen LogP contribution in [-0.2, 0) is 6.54 Å². The molecular weight excluding hydrogens is 414 g/mol. The second-order valence-electron chi connectivity index (χ2n) is 8.84. The Kier molecular flexibility index (Phi) is 4.71. The van der Waals surface area contributed by atoms with E-state index >= 15 is 0 Å². The van der Waals surface area contributed by atoms with E-state index in [4.69, 9.17) is 0 Å². The van der Waals surface area contributed by atoms with Gasteiger partial charge in [-0.25, -0.2) is 9.97 Å². The third kappa shape index (κ3) is 3.47. The van der Waals surface area contributed by atoms with Gasteiger partial charge in [0.05, 0.1) is 41.2 Å². The average Bonchev–Trinajstić information content (AvgIpc) is 3.45. The van der Waals surface area contributed by atoms with Crippen LogP contribution in [0.25, 0.3) is 16.9 Å². The number of benzene rings is 1. The molecule has 8 nitrogen and oxygen atoms in total. The predicted octanol–water partition coefficient (Wildman–Crippen LogP) is 4.01. The average molecular weight is 440 g/mol. The summed E-state index contributed by atoms with van der Waals surface area (Å²) in [5, 5.41) is 6.33. The van der Waals surface area contributed by atoms with Gasteiger partial charge in [-0.05, 0) is 42.5 Å². The number of piperidine rings is 1. The third-order valence-corrected chi connectivity index (χ3v) is 6.72. The molecule has 2 aliphatic heterocycles. The number of hydrogen-bond acceptors (Lipinski definition) is 6. The van der Waals surface area contributed by atoms with E-state index in [0.717, 1.165) is 58.7 Å². The van der Waals surface area contributed by atoms with Crippen molar-refractivity contribution in [1.29, 1.82) is 0 Å². The van der Waals surface area contributed by atoms with Gasteiger partial charge in [-0.1, -0.05) is 13.0 Å². The van der Waals surface area contributed by atoms with Gasteiger partial charge in [-0.3, -0.25) is 14.2 Å². The van der Waals surface area contributed by atoms with Crippen molar-refractivity contribution in [2.75, 3.05) is 23.3 Å². The molecule has 2 N–H and O–H groups in total. The molecule has 0 atom stereocenters. The lowest BCUT2D eigenvalue weighted by Gasteiger charge is -2.31. The van der Waals surface area contributed by atoms with Crippen LogP contribution in [0.3, 0.4) is 0 Å². The maximum atomic E-state index is 12.7. The number of imidazole rings is 1. The first-order valence-electron chi connectivity index (χ1n) is 11.4. The van der Waals surface area contributed by atoms with Gasteiger partial charge in [0.25, 0.3) is 5.91 Å². The van der Waals surface area contributed by atoms with E-state index in [1.54, 1.807) is 12.4 Å². The van der Waals surface area contributed by atoms with E-state index in [1.807, 2.05) is 41.2 Å². The van der Waals surface area contributed by atoms with Crippen LogP contribution in [0.4, 0.5) is 17.2 Å². The molecular formula is C25H25N7O. The van der Waals surface area contributed by atoms with E-state index in [0.29, 0.717) is 12.1 Å². The van der Waals surface area contributed by atoms with Gasteiger partial charge in [0.15, 0.2) is 5.65 Å². The van der Waals surface area contributed by atoms with Crippen LogP contribution in [0.15, 0.2) is 55.2 Å². The fourth-order valence-corrected chi connectivity index (χ4v) is 4.79. The van der Waals surface area contributed by atoms with E-state index in [9.17, 15) is 4.79 Å². The molecule has 0 radical (unpaired) electrons. The molecule has 4 aromatic rings. The molecule has 1 amide bonds. The second-order valence-corrected chi connectivity index (χ2v) is 8.84. The lowest BCUT2D eigenvalue weighted by atomic mass is 9.99. The number of aromatic nitrogens is 4. The number of carbonyl (C=O) groups excluding carboxylic acids is 1. The molecule has 3 aromatic heterocycles. The molecule has 2 aliphatic rings. The van der Waals surface area contributed by atoms with Gasteiger partial charge in [-0.2, -0.15) is 0 Å². The van der Waals surface area contributed by atoms with Crippen LogP contribution in [-0.4, -0.2) is 38.3 Å². The molecule has 6 rings (SSSR count). The van der Waals surface area contributed by atoms with Crippen LogP contribution in [0.2, 0.25) is 0 Å². The summed E-state index contributed by atoms with van der Waals surface area (Å²) >= 11 is 0. The first-order valence-corrected chi connectivity index (χ1v) is 11.4. The van der Waals surface area contributed by atoms with Crippen LogP contribution >= 0.6 is 0 Å². The summed E-state index contributed by atoms with van der Waals surface area (Å²) in [5.41, 5.74) is 6.21. The Morgan fingerprint density at radius 2 is 1.94 bits per heavy atom. The van der Waals surface area contributed by atoms with Crippen LogP contribution in [0.5, 0.6) is 0 Å². The number of anilines is 3. The van der Waals surface area contributed by atoms with Crippen molar-refractivity contribution in [2.45, 2.75) is 26.3 Å². The van der Waals surface area contributed by atoms with Gasteiger partial charge < -0.3 is 15.5 Å². The Labute approximate surface area is 191 Å². The Morgan fingerprint density at radius 1 is 1.06 bits per heavy atom. The number of hydrogen-bond donors (Lipinski definition) is 2. The summed E-state index contributed by atoms with van der Waals surface area (Å²) in [6, 6.07) is 8.07. The summed E-state index contributed by atoms with van der Waals surface area (Å²) in [7, 11) is 0. The quantitative estimate of drug-likeness (QED) is 0.500. The Balaban J connectivity index is 1.31. The minimum Gasteiger partial charge on any atom is -0.370 e. The van der Waals surface area contributed by atoms with Crippen molar-refractivity contribution >= 4 is 28.7 Å². The molecule has 166 valence electrons. The monoisotopic (exact) mass is 439 g/mol. The van der Waals surface area contributed by atoms with E-state index in [2.05, 4.69) is 43.5 Å². The topological polar surface area (TPSA) is 87.4 Å². The number of carbonyl (C=O) groups is 1. The van der Waals surface area contributed by atoms with Gasteiger partial charge in [0.2, 0.25) is 0 Å². The molecule has 1 saturated heterocycles. The number of amides is 1. The van der Waals surface area contributed by atoms with Crippen LogP contribution < -0.4 is 15.5 Å². The summed E-state index contributed by atoms with van der Waals surface area (Å²) in [6.07, 6.45) is 11.5. The highest BCUT2D eigenvalue weighted by Crippen LogP contribution is 2.35. The summed E-state index contributed by atoms with van der Waals surface area (Å²) in [4.78, 5) is 28.3. The zero-order valence-electron chi connectivity index (χ0n) is 18.5. The van der Waals surface area contributed by atoms with E-state index in [1.165, 1.54) is 12.8 Å². The van der Waals surface area contributed by atoms with Crippen molar-refractivity contribution in [3.05, 3.63) is 66.4 Å². The number of rotatable bonds is 4. The normalized spacial score (nSPS) is 16.2. The minimum atomic E-state index is -0.0797.